The fraction of sp³-hybridized carbons (Fsp3) is 1.00. The van der Waals surface area contributed by atoms with Crippen LogP contribution in [0.25, 0.3) is 0 Å². The van der Waals surface area contributed by atoms with Crippen molar-refractivity contribution in [2.24, 2.45) is 11.3 Å². The topological polar surface area (TPSA) is 21.3 Å². The summed E-state index contributed by atoms with van der Waals surface area (Å²) < 4.78 is 5.28. The Morgan fingerprint density at radius 3 is 2.47 bits per heavy atom. The SMILES string of the molecule is C[C@H](NCC1(C)COC1)C1CCCCC1. The zero-order chi connectivity index (χ0) is 10.7. The van der Waals surface area contributed by atoms with Crippen molar-refractivity contribution >= 4 is 0 Å². The van der Waals surface area contributed by atoms with Crippen LogP contribution in [0.1, 0.15) is 46.0 Å². The molecular weight excluding hydrogens is 186 g/mol. The van der Waals surface area contributed by atoms with Crippen molar-refractivity contribution in [3.8, 4) is 0 Å². The van der Waals surface area contributed by atoms with E-state index >= 15 is 0 Å². The van der Waals surface area contributed by atoms with Crippen molar-refractivity contribution in [1.82, 2.24) is 5.32 Å². The maximum atomic E-state index is 5.28. The molecule has 2 heteroatoms. The van der Waals surface area contributed by atoms with Gasteiger partial charge in [-0.25, -0.2) is 0 Å². The maximum absolute atomic E-state index is 5.28. The first-order chi connectivity index (χ1) is 7.20. The molecule has 0 radical (unpaired) electrons. The summed E-state index contributed by atoms with van der Waals surface area (Å²) in [6.45, 7) is 7.69. The van der Waals surface area contributed by atoms with E-state index in [2.05, 4.69) is 19.2 Å². The quantitative estimate of drug-likeness (QED) is 0.771. The molecule has 2 fully saturated rings. The molecule has 1 aliphatic heterocycles. The second kappa shape index (κ2) is 4.84. The molecule has 1 heterocycles. The van der Waals surface area contributed by atoms with Crippen LogP contribution in [0.4, 0.5) is 0 Å². The lowest BCUT2D eigenvalue weighted by atomic mass is 9.83. The standard InChI is InChI=1S/C13H25NO/c1-11(12-6-4-3-5-7-12)14-8-13(2)9-15-10-13/h11-12,14H,3-10H2,1-2H3/t11-/m0/s1. The van der Waals surface area contributed by atoms with E-state index in [4.69, 9.17) is 4.74 Å². The minimum absolute atomic E-state index is 0.420. The van der Waals surface area contributed by atoms with Gasteiger partial charge in [-0.3, -0.25) is 0 Å². The summed E-state index contributed by atoms with van der Waals surface area (Å²) >= 11 is 0. The Balaban J connectivity index is 1.69. The smallest absolute Gasteiger partial charge is 0.0554 e. The van der Waals surface area contributed by atoms with Gasteiger partial charge in [0.15, 0.2) is 0 Å². The van der Waals surface area contributed by atoms with Gasteiger partial charge in [-0.05, 0) is 25.7 Å². The molecule has 0 unspecified atom stereocenters. The molecule has 88 valence electrons. The Labute approximate surface area is 93.8 Å². The molecule has 0 bridgehead atoms. The zero-order valence-corrected chi connectivity index (χ0v) is 10.2. The highest BCUT2D eigenvalue weighted by Crippen LogP contribution is 2.28. The van der Waals surface area contributed by atoms with Gasteiger partial charge >= 0.3 is 0 Å². The molecule has 2 aliphatic rings. The monoisotopic (exact) mass is 211 g/mol. The van der Waals surface area contributed by atoms with E-state index in [0.29, 0.717) is 11.5 Å². The summed E-state index contributed by atoms with van der Waals surface area (Å²) in [6.07, 6.45) is 7.20. The van der Waals surface area contributed by atoms with Crippen LogP contribution in [-0.2, 0) is 4.74 Å². The summed E-state index contributed by atoms with van der Waals surface area (Å²) in [4.78, 5) is 0. The minimum atomic E-state index is 0.420. The Hall–Kier alpha value is -0.0800. The summed E-state index contributed by atoms with van der Waals surface area (Å²) in [5.74, 6) is 0.920. The zero-order valence-electron chi connectivity index (χ0n) is 10.2. The lowest BCUT2D eigenvalue weighted by Crippen LogP contribution is -2.50. The number of nitrogens with one attached hydrogen (secondary N) is 1. The molecule has 1 saturated carbocycles. The summed E-state index contributed by atoms with van der Waals surface area (Å²) in [6, 6.07) is 0.697. The normalized spacial score (nSPS) is 28.4. The largest absolute Gasteiger partial charge is 0.380 e. The van der Waals surface area contributed by atoms with E-state index < -0.39 is 0 Å². The van der Waals surface area contributed by atoms with Crippen LogP contribution < -0.4 is 5.32 Å². The van der Waals surface area contributed by atoms with Crippen molar-refractivity contribution in [2.75, 3.05) is 19.8 Å². The lowest BCUT2D eigenvalue weighted by molar-refractivity contribution is -0.100. The van der Waals surface area contributed by atoms with Gasteiger partial charge in [-0.15, -0.1) is 0 Å². The highest BCUT2D eigenvalue weighted by molar-refractivity contribution is 4.85. The van der Waals surface area contributed by atoms with Crippen molar-refractivity contribution < 1.29 is 4.74 Å². The minimum Gasteiger partial charge on any atom is -0.380 e. The predicted molar refractivity (Wildman–Crippen MR) is 63.0 cm³/mol. The summed E-state index contributed by atoms with van der Waals surface area (Å²) in [7, 11) is 0. The molecular formula is C13H25NO. The molecule has 0 amide bonds. The molecule has 1 N–H and O–H groups in total. The highest BCUT2D eigenvalue weighted by Gasteiger charge is 2.33. The van der Waals surface area contributed by atoms with Crippen LogP contribution in [-0.4, -0.2) is 25.8 Å². The van der Waals surface area contributed by atoms with Gasteiger partial charge in [-0.2, -0.15) is 0 Å². The Morgan fingerprint density at radius 1 is 1.27 bits per heavy atom. The van der Waals surface area contributed by atoms with E-state index in [1.165, 1.54) is 32.1 Å². The van der Waals surface area contributed by atoms with Gasteiger partial charge < -0.3 is 10.1 Å². The molecule has 1 aliphatic carbocycles. The first-order valence-corrected chi connectivity index (χ1v) is 6.51. The molecule has 0 aromatic carbocycles. The fourth-order valence-electron chi connectivity index (χ4n) is 2.76. The first kappa shape index (κ1) is 11.4. The van der Waals surface area contributed by atoms with E-state index in [1.54, 1.807) is 0 Å². The molecule has 15 heavy (non-hydrogen) atoms. The van der Waals surface area contributed by atoms with Gasteiger partial charge in [0.05, 0.1) is 13.2 Å². The number of hydrogen-bond donors (Lipinski definition) is 1. The maximum Gasteiger partial charge on any atom is 0.0554 e. The van der Waals surface area contributed by atoms with Gasteiger partial charge in [0.1, 0.15) is 0 Å². The van der Waals surface area contributed by atoms with Crippen LogP contribution in [0.3, 0.4) is 0 Å². The van der Waals surface area contributed by atoms with Gasteiger partial charge in [0, 0.05) is 18.0 Å². The van der Waals surface area contributed by atoms with E-state index in [1.807, 2.05) is 0 Å². The van der Waals surface area contributed by atoms with E-state index in [0.717, 1.165) is 25.7 Å². The summed E-state index contributed by atoms with van der Waals surface area (Å²) in [5.41, 5.74) is 0.420. The average Bonchev–Trinajstić information content (AvgIpc) is 2.24. The third-order valence-corrected chi connectivity index (χ3v) is 4.11. The third kappa shape index (κ3) is 2.94. The van der Waals surface area contributed by atoms with Gasteiger partial charge in [0.2, 0.25) is 0 Å². The van der Waals surface area contributed by atoms with Crippen LogP contribution in [0.5, 0.6) is 0 Å². The van der Waals surface area contributed by atoms with E-state index in [-0.39, 0.29) is 0 Å². The number of hydrogen-bond acceptors (Lipinski definition) is 2. The van der Waals surface area contributed by atoms with Crippen molar-refractivity contribution in [2.45, 2.75) is 52.0 Å². The lowest BCUT2D eigenvalue weighted by Gasteiger charge is -2.40. The second-order valence-corrected chi connectivity index (χ2v) is 5.87. The Kier molecular flexibility index (Phi) is 3.68. The second-order valence-electron chi connectivity index (χ2n) is 5.87. The number of rotatable bonds is 4. The first-order valence-electron chi connectivity index (χ1n) is 6.51. The molecule has 0 aromatic heterocycles. The Bertz CT molecular complexity index is 195. The summed E-state index contributed by atoms with van der Waals surface area (Å²) in [5, 5.41) is 3.71. The molecule has 1 atom stereocenters. The van der Waals surface area contributed by atoms with Gasteiger partial charge in [-0.1, -0.05) is 26.2 Å². The predicted octanol–water partition coefficient (Wildman–Crippen LogP) is 2.58. The van der Waals surface area contributed by atoms with E-state index in [9.17, 15) is 0 Å². The van der Waals surface area contributed by atoms with Crippen LogP contribution in [0.15, 0.2) is 0 Å². The van der Waals surface area contributed by atoms with Gasteiger partial charge in [0.25, 0.3) is 0 Å². The average molecular weight is 211 g/mol. The Morgan fingerprint density at radius 2 is 1.93 bits per heavy atom. The molecule has 2 rings (SSSR count). The molecule has 0 spiro atoms. The number of ether oxygens (including phenoxy) is 1. The van der Waals surface area contributed by atoms with Crippen molar-refractivity contribution in [1.29, 1.82) is 0 Å². The molecule has 0 aromatic rings. The van der Waals surface area contributed by atoms with Crippen LogP contribution in [0.2, 0.25) is 0 Å². The molecule has 2 nitrogen and oxygen atoms in total. The molecule has 1 saturated heterocycles. The third-order valence-electron chi connectivity index (χ3n) is 4.11. The van der Waals surface area contributed by atoms with Crippen molar-refractivity contribution in [3.05, 3.63) is 0 Å². The highest BCUT2D eigenvalue weighted by atomic mass is 16.5. The van der Waals surface area contributed by atoms with Crippen LogP contribution in [0, 0.1) is 11.3 Å². The van der Waals surface area contributed by atoms with Crippen molar-refractivity contribution in [3.63, 3.8) is 0 Å². The fourth-order valence-corrected chi connectivity index (χ4v) is 2.76. The van der Waals surface area contributed by atoms with Crippen LogP contribution >= 0.6 is 0 Å².